The van der Waals surface area contributed by atoms with Gasteiger partial charge in [-0.15, -0.1) is 0 Å². The zero-order valence-electron chi connectivity index (χ0n) is 23.5. The van der Waals surface area contributed by atoms with Gasteiger partial charge in [0.15, 0.2) is 0 Å². The summed E-state index contributed by atoms with van der Waals surface area (Å²) < 4.78 is 34.4. The molecule has 8 nitrogen and oxygen atoms in total. The summed E-state index contributed by atoms with van der Waals surface area (Å²) in [5.74, 6) is -0.00501. The maximum Gasteiger partial charge on any atom is 0.343 e. The van der Waals surface area contributed by atoms with Crippen LogP contribution < -0.4 is 15.7 Å². The molecule has 0 bridgehead atoms. The molecule has 1 aliphatic rings. The summed E-state index contributed by atoms with van der Waals surface area (Å²) in [6.07, 6.45) is 3.12. The summed E-state index contributed by atoms with van der Waals surface area (Å²) in [7, 11) is -3.87. The summed E-state index contributed by atoms with van der Waals surface area (Å²) in [4.78, 5) is 24.6. The summed E-state index contributed by atoms with van der Waals surface area (Å²) in [5.41, 5.74) is 2.52. The van der Waals surface area contributed by atoms with E-state index >= 15 is 0 Å². The number of nitrogens with one attached hydrogen (secondary N) is 2. The average Bonchev–Trinajstić information content (AvgIpc) is 3.79. The van der Waals surface area contributed by atoms with Crippen LogP contribution in [0.3, 0.4) is 0 Å². The molecule has 1 heterocycles. The van der Waals surface area contributed by atoms with E-state index in [9.17, 15) is 23.1 Å². The number of rotatable bonds is 11. The Kier molecular flexibility index (Phi) is 8.49. The van der Waals surface area contributed by atoms with Gasteiger partial charge in [0.25, 0.3) is 10.0 Å². The second kappa shape index (κ2) is 12.2. The molecule has 4 aromatic rings. The van der Waals surface area contributed by atoms with Crippen molar-refractivity contribution in [3.05, 3.63) is 118 Å². The Hall–Kier alpha value is -4.37. The first-order chi connectivity index (χ1) is 20.1. The number of sulfonamides is 1. The molecule has 1 aliphatic carbocycles. The number of amides is 1. The van der Waals surface area contributed by atoms with E-state index in [1.54, 1.807) is 24.3 Å². The molecule has 1 saturated carbocycles. The normalized spacial score (nSPS) is 14.6. The van der Waals surface area contributed by atoms with Crippen LogP contribution in [0.25, 0.3) is 0 Å². The predicted molar refractivity (Wildman–Crippen MR) is 162 cm³/mol. The molecule has 3 N–H and O–H groups in total. The number of hydrogen-bond acceptors (Lipinski definition) is 6. The van der Waals surface area contributed by atoms with E-state index in [1.807, 2.05) is 43.3 Å². The van der Waals surface area contributed by atoms with E-state index in [-0.39, 0.29) is 28.4 Å². The molecule has 42 heavy (non-hydrogen) atoms. The van der Waals surface area contributed by atoms with Gasteiger partial charge < -0.3 is 14.8 Å². The van der Waals surface area contributed by atoms with E-state index in [2.05, 4.69) is 10.0 Å². The summed E-state index contributed by atoms with van der Waals surface area (Å²) in [6.45, 7) is 3.36. The van der Waals surface area contributed by atoms with Gasteiger partial charge in [0, 0.05) is 36.2 Å². The Bertz CT molecular complexity index is 1730. The van der Waals surface area contributed by atoms with E-state index in [4.69, 9.17) is 4.42 Å². The number of carbonyl (C=O) groups is 1. The molecular formula is C33H34N2O6S. The molecule has 2 atom stereocenters. The highest BCUT2D eigenvalue weighted by atomic mass is 32.2. The maximum absolute atomic E-state index is 13.3. The Morgan fingerprint density at radius 1 is 0.976 bits per heavy atom. The van der Waals surface area contributed by atoms with Crippen LogP contribution in [0, 0.1) is 5.92 Å². The van der Waals surface area contributed by atoms with Crippen LogP contribution in [-0.4, -0.2) is 19.4 Å². The molecule has 0 spiro atoms. The Labute approximate surface area is 245 Å². The van der Waals surface area contributed by atoms with Gasteiger partial charge >= 0.3 is 5.63 Å². The molecule has 2 unspecified atom stereocenters. The zero-order chi connectivity index (χ0) is 29.9. The molecular weight excluding hydrogens is 552 g/mol. The van der Waals surface area contributed by atoms with Crippen molar-refractivity contribution >= 4 is 27.3 Å². The van der Waals surface area contributed by atoms with E-state index in [1.165, 1.54) is 31.2 Å². The van der Waals surface area contributed by atoms with Crippen molar-refractivity contribution in [1.29, 1.82) is 0 Å². The number of carbonyl (C=O) groups excluding carboxylic acids is 1. The van der Waals surface area contributed by atoms with Crippen molar-refractivity contribution in [2.24, 2.45) is 5.92 Å². The van der Waals surface area contributed by atoms with E-state index < -0.39 is 15.6 Å². The lowest BCUT2D eigenvalue weighted by Crippen LogP contribution is -2.17. The highest BCUT2D eigenvalue weighted by molar-refractivity contribution is 7.92. The third kappa shape index (κ3) is 6.74. The average molecular weight is 587 g/mol. The molecule has 9 heteroatoms. The number of hydrogen-bond donors (Lipinski definition) is 3. The van der Waals surface area contributed by atoms with Gasteiger partial charge in [0.2, 0.25) is 5.91 Å². The molecule has 0 radical (unpaired) electrons. The zero-order valence-corrected chi connectivity index (χ0v) is 24.4. The van der Waals surface area contributed by atoms with Crippen LogP contribution in [0.15, 0.2) is 99.0 Å². The number of anilines is 2. The summed E-state index contributed by atoms with van der Waals surface area (Å²) >= 11 is 0. The fourth-order valence-corrected chi connectivity index (χ4v) is 6.44. The fraction of sp³-hybridized carbons (Fsp3) is 0.273. The van der Waals surface area contributed by atoms with Crippen LogP contribution >= 0.6 is 0 Å². The van der Waals surface area contributed by atoms with Crippen LogP contribution in [0.5, 0.6) is 5.75 Å². The molecule has 0 aliphatic heterocycles. The second-order valence-electron chi connectivity index (χ2n) is 10.8. The number of aromatic hydroxyl groups is 1. The van der Waals surface area contributed by atoms with Crippen molar-refractivity contribution in [1.82, 2.24) is 0 Å². The molecule has 1 aromatic heterocycles. The minimum Gasteiger partial charge on any atom is -0.507 e. The van der Waals surface area contributed by atoms with Crippen molar-refractivity contribution in [2.75, 3.05) is 10.0 Å². The van der Waals surface area contributed by atoms with Crippen molar-refractivity contribution < 1.29 is 22.7 Å². The minimum absolute atomic E-state index is 0.0496. The Morgan fingerprint density at radius 2 is 1.69 bits per heavy atom. The third-order valence-electron chi connectivity index (χ3n) is 7.59. The van der Waals surface area contributed by atoms with Crippen LogP contribution in [0.2, 0.25) is 0 Å². The highest BCUT2D eigenvalue weighted by Crippen LogP contribution is 2.47. The van der Waals surface area contributed by atoms with Gasteiger partial charge in [0.1, 0.15) is 11.5 Å². The van der Waals surface area contributed by atoms with Gasteiger partial charge in [-0.1, -0.05) is 49.4 Å². The maximum atomic E-state index is 13.3. The largest absolute Gasteiger partial charge is 0.507 e. The van der Waals surface area contributed by atoms with Gasteiger partial charge in [-0.05, 0) is 79.1 Å². The lowest BCUT2D eigenvalue weighted by atomic mass is 9.87. The third-order valence-corrected chi connectivity index (χ3v) is 8.99. The predicted octanol–water partition coefficient (Wildman–Crippen LogP) is 6.38. The highest BCUT2D eigenvalue weighted by Gasteiger charge is 2.37. The van der Waals surface area contributed by atoms with Crippen LogP contribution in [0.4, 0.5) is 11.4 Å². The van der Waals surface area contributed by atoms with Gasteiger partial charge in [-0.2, -0.15) is 0 Å². The van der Waals surface area contributed by atoms with Crippen LogP contribution in [-0.2, 0) is 21.2 Å². The first kappa shape index (κ1) is 29.1. The Balaban J connectivity index is 1.34. The molecule has 1 amide bonds. The van der Waals surface area contributed by atoms with Crippen molar-refractivity contribution in [3.63, 3.8) is 0 Å². The van der Waals surface area contributed by atoms with Gasteiger partial charge in [-0.3, -0.25) is 9.52 Å². The standard InChI is InChI=1S/C33H34N2O6S/c1-3-23(30-20-29(37)32(33(38)41-30)31(25-12-13-25)24-9-5-4-6-10-24)18-22-8-7-11-27(19-22)35-42(39,40)28-16-14-26(15-17-28)34-21(2)36/h4-11,14-17,19-20,23,25,31,35,37H,3,12-13,18H2,1-2H3,(H,34,36). The Morgan fingerprint density at radius 3 is 2.31 bits per heavy atom. The minimum atomic E-state index is -3.87. The molecule has 5 rings (SSSR count). The van der Waals surface area contributed by atoms with Crippen LogP contribution in [0.1, 0.15) is 67.4 Å². The SMILES string of the molecule is CCC(Cc1cccc(NS(=O)(=O)c2ccc(NC(C)=O)cc2)c1)c1cc(O)c(C(c2ccccc2)C2CC2)c(=O)o1. The molecule has 1 fully saturated rings. The first-order valence-corrected chi connectivity index (χ1v) is 15.5. The monoisotopic (exact) mass is 586 g/mol. The van der Waals surface area contributed by atoms with Gasteiger partial charge in [-0.25, -0.2) is 13.2 Å². The molecule has 0 saturated heterocycles. The topological polar surface area (TPSA) is 126 Å². The van der Waals surface area contributed by atoms with E-state index in [0.717, 1.165) is 24.0 Å². The smallest absolute Gasteiger partial charge is 0.343 e. The molecule has 218 valence electrons. The lowest BCUT2D eigenvalue weighted by Gasteiger charge is -2.20. The quantitative estimate of drug-likeness (QED) is 0.187. The second-order valence-corrected chi connectivity index (χ2v) is 12.5. The molecule has 3 aromatic carbocycles. The van der Waals surface area contributed by atoms with Gasteiger partial charge in [0.05, 0.1) is 10.5 Å². The lowest BCUT2D eigenvalue weighted by molar-refractivity contribution is -0.114. The van der Waals surface area contributed by atoms with Crippen molar-refractivity contribution in [3.8, 4) is 5.75 Å². The summed E-state index contributed by atoms with van der Waals surface area (Å²) in [5, 5.41) is 13.7. The number of benzene rings is 3. The summed E-state index contributed by atoms with van der Waals surface area (Å²) in [6, 6.07) is 24.3. The van der Waals surface area contributed by atoms with Crippen molar-refractivity contribution in [2.45, 2.75) is 56.3 Å². The first-order valence-electron chi connectivity index (χ1n) is 14.1. The van der Waals surface area contributed by atoms with E-state index in [0.29, 0.717) is 41.5 Å². The fourth-order valence-electron chi connectivity index (χ4n) is 5.39.